The topological polar surface area (TPSA) is 99.5 Å². The van der Waals surface area contributed by atoms with Crippen molar-refractivity contribution in [2.24, 2.45) is 0 Å². The molecule has 32 heavy (non-hydrogen) atoms. The van der Waals surface area contributed by atoms with Gasteiger partial charge in [0.25, 0.3) is 0 Å². The molecule has 3 rings (SSSR count). The van der Waals surface area contributed by atoms with Gasteiger partial charge in [0, 0.05) is 24.7 Å². The van der Waals surface area contributed by atoms with Crippen molar-refractivity contribution in [1.29, 1.82) is 0 Å². The average Bonchev–Trinajstić information content (AvgIpc) is 2.79. The van der Waals surface area contributed by atoms with Crippen LogP contribution in [0.1, 0.15) is 58.4 Å². The van der Waals surface area contributed by atoms with Gasteiger partial charge in [-0.05, 0) is 52.9 Å². The lowest BCUT2D eigenvalue weighted by molar-refractivity contribution is 0.0697. The van der Waals surface area contributed by atoms with Gasteiger partial charge in [-0.1, -0.05) is 55.8 Å². The Morgan fingerprint density at radius 3 is 2.38 bits per heavy atom. The maximum Gasteiger partial charge on any atom is 0.335 e. The first-order valence-electron chi connectivity index (χ1n) is 10.2. The second-order valence-electron chi connectivity index (χ2n) is 7.54. The summed E-state index contributed by atoms with van der Waals surface area (Å²) >= 11 is 3.86. The largest absolute Gasteiger partial charge is 0.478 e. The molecule has 8 heteroatoms. The van der Waals surface area contributed by atoms with Crippen molar-refractivity contribution in [3.63, 3.8) is 0 Å². The smallest absolute Gasteiger partial charge is 0.335 e. The minimum absolute atomic E-state index is 0.158. The molecule has 3 atom stereocenters. The zero-order valence-corrected chi connectivity index (χ0v) is 19.4. The van der Waals surface area contributed by atoms with Crippen LogP contribution in [0.3, 0.4) is 0 Å². The Labute approximate surface area is 195 Å². The van der Waals surface area contributed by atoms with Crippen LogP contribution in [0, 0.1) is 0 Å². The number of nitrogens with one attached hydrogen (secondary N) is 1. The van der Waals surface area contributed by atoms with Crippen LogP contribution in [-0.2, 0) is 24.0 Å². The Morgan fingerprint density at radius 1 is 1.12 bits per heavy atom. The van der Waals surface area contributed by atoms with Crippen molar-refractivity contribution in [3.8, 4) is 0 Å². The van der Waals surface area contributed by atoms with E-state index in [2.05, 4.69) is 10.3 Å². The summed E-state index contributed by atoms with van der Waals surface area (Å²) in [6, 6.07) is 15.6. The summed E-state index contributed by atoms with van der Waals surface area (Å²) in [7, 11) is 0. The molecule has 0 amide bonds. The van der Waals surface area contributed by atoms with E-state index in [1.54, 1.807) is 42.6 Å². The molecule has 6 nitrogen and oxygen atoms in total. The van der Waals surface area contributed by atoms with Gasteiger partial charge < -0.3 is 15.0 Å². The van der Waals surface area contributed by atoms with E-state index in [9.17, 15) is 13.6 Å². The highest BCUT2D eigenvalue weighted by atomic mass is 35.5. The molecule has 0 fully saturated rings. The van der Waals surface area contributed by atoms with Crippen LogP contribution >= 0.6 is 11.6 Å². The molecule has 1 aromatic heterocycles. The van der Waals surface area contributed by atoms with Gasteiger partial charge in [-0.3, -0.25) is 0 Å². The van der Waals surface area contributed by atoms with Gasteiger partial charge in [-0.15, -0.1) is 0 Å². The first-order valence-corrected chi connectivity index (χ1v) is 11.7. The predicted octanol–water partition coefficient (Wildman–Crippen LogP) is 5.21. The van der Waals surface area contributed by atoms with Crippen LogP contribution in [0.2, 0.25) is 5.15 Å². The van der Waals surface area contributed by atoms with Gasteiger partial charge in [0.15, 0.2) is 11.1 Å². The van der Waals surface area contributed by atoms with Crippen LogP contribution in [-0.4, -0.2) is 24.8 Å². The minimum atomic E-state index is -2.12. The monoisotopic (exact) mass is 472 g/mol. The number of carboxylic acids is 1. The van der Waals surface area contributed by atoms with Gasteiger partial charge in [-0.25, -0.2) is 14.0 Å². The Balaban J connectivity index is 1.95. The van der Waals surface area contributed by atoms with Crippen molar-refractivity contribution in [3.05, 3.63) is 93.8 Å². The number of rotatable bonds is 9. The Morgan fingerprint density at radius 2 is 1.81 bits per heavy atom. The number of carboxylic acid groups (broad SMARTS) is 1. The van der Waals surface area contributed by atoms with Gasteiger partial charge in [0.2, 0.25) is 0 Å². The third-order valence-electron chi connectivity index (χ3n) is 5.50. The van der Waals surface area contributed by atoms with Crippen LogP contribution in [0.25, 0.3) is 0 Å². The van der Waals surface area contributed by atoms with Crippen LogP contribution in [0.5, 0.6) is 0 Å². The lowest BCUT2D eigenvalue weighted by Gasteiger charge is -2.27. The second-order valence-corrected chi connectivity index (χ2v) is 8.86. The van der Waals surface area contributed by atoms with Crippen molar-refractivity contribution >= 4 is 28.7 Å². The summed E-state index contributed by atoms with van der Waals surface area (Å²) in [5.41, 5.74) is 3.91. The van der Waals surface area contributed by atoms with E-state index in [4.69, 9.17) is 16.7 Å². The summed E-state index contributed by atoms with van der Waals surface area (Å²) in [4.78, 5) is 15.7. The fourth-order valence-electron chi connectivity index (χ4n) is 3.66. The molecule has 0 bridgehead atoms. The highest BCUT2D eigenvalue weighted by Crippen LogP contribution is 2.35. The highest BCUT2D eigenvalue weighted by molar-refractivity contribution is 7.79. The van der Waals surface area contributed by atoms with Crippen molar-refractivity contribution < 1.29 is 18.7 Å². The Hall–Kier alpha value is -2.58. The van der Waals surface area contributed by atoms with Crippen LogP contribution < -0.4 is 5.32 Å². The summed E-state index contributed by atoms with van der Waals surface area (Å²) in [6.45, 7) is 4.52. The summed E-state index contributed by atoms with van der Waals surface area (Å²) in [5.74, 6) is -1.13. The van der Waals surface area contributed by atoms with Crippen molar-refractivity contribution in [1.82, 2.24) is 10.3 Å². The predicted molar refractivity (Wildman–Crippen MR) is 126 cm³/mol. The molecule has 0 aliphatic rings. The third-order valence-corrected chi connectivity index (χ3v) is 6.47. The number of hydrogen-bond acceptors (Lipinski definition) is 4. The molecule has 0 aliphatic carbocycles. The first kappa shape index (κ1) is 24.1. The first-order chi connectivity index (χ1) is 15.3. The molecular formula is C24H25ClN2O4S. The van der Waals surface area contributed by atoms with E-state index < -0.39 is 17.0 Å². The molecule has 0 saturated carbocycles. The molecule has 3 unspecified atom stereocenters. The lowest BCUT2D eigenvalue weighted by atomic mass is 9.88. The van der Waals surface area contributed by atoms with E-state index in [0.717, 1.165) is 28.7 Å². The SMILES string of the molecule is CCc1ccc(S(=O)O)c(C(C)C(NCc2ccc(C(=O)O)cc2)c2ccc(Cl)nc2)c1. The maximum atomic E-state index is 12.0. The number of carbonyl (C=O) groups is 1. The number of halogens is 1. The number of aryl methyl sites for hydroxylation is 1. The van der Waals surface area contributed by atoms with E-state index in [0.29, 0.717) is 16.6 Å². The fourth-order valence-corrected chi connectivity index (χ4v) is 4.40. The minimum Gasteiger partial charge on any atom is -0.478 e. The quantitative estimate of drug-likeness (QED) is 0.292. The summed E-state index contributed by atoms with van der Waals surface area (Å²) < 4.78 is 21.9. The molecule has 0 radical (unpaired) electrons. The second kappa shape index (κ2) is 10.8. The number of aromatic nitrogens is 1. The van der Waals surface area contributed by atoms with E-state index in [1.807, 2.05) is 32.0 Å². The molecule has 168 valence electrons. The van der Waals surface area contributed by atoms with Gasteiger partial charge in [0.1, 0.15) is 5.15 Å². The van der Waals surface area contributed by atoms with E-state index in [1.165, 1.54) is 0 Å². The van der Waals surface area contributed by atoms with Gasteiger partial charge >= 0.3 is 5.97 Å². The number of benzene rings is 2. The van der Waals surface area contributed by atoms with Crippen LogP contribution in [0.4, 0.5) is 0 Å². The molecule has 0 spiro atoms. The maximum absolute atomic E-state index is 12.0. The number of nitrogens with zero attached hydrogens (tertiary/aromatic N) is 1. The molecule has 3 N–H and O–H groups in total. The third kappa shape index (κ3) is 5.81. The van der Waals surface area contributed by atoms with Crippen LogP contribution in [0.15, 0.2) is 65.7 Å². The highest BCUT2D eigenvalue weighted by Gasteiger charge is 2.25. The van der Waals surface area contributed by atoms with Gasteiger partial charge in [0.05, 0.1) is 10.5 Å². The summed E-state index contributed by atoms with van der Waals surface area (Å²) in [6.07, 6.45) is 2.51. The summed E-state index contributed by atoms with van der Waals surface area (Å²) in [5, 5.41) is 13.0. The number of hydrogen-bond donors (Lipinski definition) is 3. The van der Waals surface area contributed by atoms with Crippen molar-refractivity contribution in [2.75, 3.05) is 0 Å². The average molecular weight is 473 g/mol. The lowest BCUT2D eigenvalue weighted by Crippen LogP contribution is -2.26. The molecule has 1 heterocycles. The normalized spacial score (nSPS) is 14.0. The fraction of sp³-hybridized carbons (Fsp3) is 0.250. The molecule has 0 saturated heterocycles. The number of aromatic carboxylic acids is 1. The molecule has 3 aromatic rings. The molecule has 2 aromatic carbocycles. The van der Waals surface area contributed by atoms with Crippen molar-refractivity contribution in [2.45, 2.75) is 43.7 Å². The molecular weight excluding hydrogens is 448 g/mol. The van der Waals surface area contributed by atoms with E-state index >= 15 is 0 Å². The van der Waals surface area contributed by atoms with Gasteiger partial charge in [-0.2, -0.15) is 0 Å². The zero-order valence-electron chi connectivity index (χ0n) is 17.8. The Kier molecular flexibility index (Phi) is 8.15. The zero-order chi connectivity index (χ0) is 23.3. The standard InChI is InChI=1S/C24H25ClN2O4S/c1-3-16-6-10-21(32(30)31)20(12-16)15(2)23(19-9-11-22(25)26-14-19)27-13-17-4-7-18(8-5-17)24(28)29/h4-12,14-15,23,27H,3,13H2,1-2H3,(H,28,29)(H,30,31). The van der Waals surface area contributed by atoms with E-state index in [-0.39, 0.29) is 17.5 Å². The Bertz CT molecular complexity index is 1100. The molecule has 0 aliphatic heterocycles. The number of pyridine rings is 1.